The smallest absolute Gasteiger partial charge is 0.339 e. The predicted octanol–water partition coefficient (Wildman–Crippen LogP) is 3.49. The van der Waals surface area contributed by atoms with Gasteiger partial charge in [0.05, 0.1) is 17.1 Å². The normalized spacial score (nSPS) is 11.4. The zero-order valence-electron chi connectivity index (χ0n) is 15.2. The molecule has 27 heavy (non-hydrogen) atoms. The van der Waals surface area contributed by atoms with Gasteiger partial charge in [-0.15, -0.1) is 0 Å². The SMILES string of the molecule is CCOc1ccc(C(=O)O[C@H](C)C(=O)Nc2cccc(C)c2)cc1[N+](=O)[O-]. The molecule has 0 unspecified atom stereocenters. The summed E-state index contributed by atoms with van der Waals surface area (Å²) in [4.78, 5) is 34.9. The third kappa shape index (κ3) is 5.27. The van der Waals surface area contributed by atoms with Crippen LogP contribution in [0.5, 0.6) is 5.75 Å². The van der Waals surface area contributed by atoms with Crippen molar-refractivity contribution in [2.45, 2.75) is 26.9 Å². The van der Waals surface area contributed by atoms with Gasteiger partial charge in [-0.25, -0.2) is 4.79 Å². The summed E-state index contributed by atoms with van der Waals surface area (Å²) in [5.74, 6) is -1.29. The molecule has 2 rings (SSSR count). The highest BCUT2D eigenvalue weighted by Crippen LogP contribution is 2.28. The average Bonchev–Trinajstić information content (AvgIpc) is 2.62. The quantitative estimate of drug-likeness (QED) is 0.453. The molecule has 0 radical (unpaired) electrons. The van der Waals surface area contributed by atoms with E-state index in [9.17, 15) is 19.7 Å². The first-order valence-corrected chi connectivity index (χ1v) is 8.31. The molecule has 0 aromatic heterocycles. The van der Waals surface area contributed by atoms with Crippen LogP contribution in [0.15, 0.2) is 42.5 Å². The van der Waals surface area contributed by atoms with Crippen LogP contribution in [0.2, 0.25) is 0 Å². The van der Waals surface area contributed by atoms with Crippen molar-refractivity contribution < 1.29 is 24.0 Å². The lowest BCUT2D eigenvalue weighted by atomic mass is 10.2. The number of ether oxygens (including phenoxy) is 2. The third-order valence-corrected chi connectivity index (χ3v) is 3.63. The first-order valence-electron chi connectivity index (χ1n) is 8.31. The molecule has 1 amide bonds. The standard InChI is InChI=1S/C19H20N2O6/c1-4-26-17-9-8-14(11-16(17)21(24)25)19(23)27-13(3)18(22)20-15-7-5-6-12(2)10-15/h5-11,13H,4H2,1-3H3,(H,20,22)/t13-/m1/s1. The second-order valence-corrected chi connectivity index (χ2v) is 5.78. The van der Waals surface area contributed by atoms with E-state index in [-0.39, 0.29) is 23.6 Å². The predicted molar refractivity (Wildman–Crippen MR) is 99.0 cm³/mol. The number of amides is 1. The maximum atomic E-state index is 12.2. The Bertz CT molecular complexity index is 865. The van der Waals surface area contributed by atoms with E-state index >= 15 is 0 Å². The van der Waals surface area contributed by atoms with E-state index in [1.807, 2.05) is 13.0 Å². The Hall–Kier alpha value is -3.42. The summed E-state index contributed by atoms with van der Waals surface area (Å²) < 4.78 is 10.3. The summed E-state index contributed by atoms with van der Waals surface area (Å²) in [7, 11) is 0. The Balaban J connectivity index is 2.08. The van der Waals surface area contributed by atoms with Gasteiger partial charge in [0.2, 0.25) is 0 Å². The van der Waals surface area contributed by atoms with Crippen molar-refractivity contribution in [1.82, 2.24) is 0 Å². The number of hydrogen-bond acceptors (Lipinski definition) is 6. The second kappa shape index (κ2) is 8.79. The van der Waals surface area contributed by atoms with Gasteiger partial charge in [0, 0.05) is 11.8 Å². The number of nitrogens with one attached hydrogen (secondary N) is 1. The Morgan fingerprint density at radius 1 is 1.22 bits per heavy atom. The molecule has 0 fully saturated rings. The van der Waals surface area contributed by atoms with E-state index < -0.39 is 22.9 Å². The highest BCUT2D eigenvalue weighted by atomic mass is 16.6. The number of anilines is 1. The molecule has 0 saturated heterocycles. The van der Waals surface area contributed by atoms with Crippen LogP contribution in [-0.2, 0) is 9.53 Å². The highest BCUT2D eigenvalue weighted by molar-refractivity contribution is 5.97. The molecule has 2 aromatic carbocycles. The molecule has 8 nitrogen and oxygen atoms in total. The van der Waals surface area contributed by atoms with Crippen LogP contribution in [0.4, 0.5) is 11.4 Å². The molecule has 0 aliphatic carbocycles. The minimum Gasteiger partial charge on any atom is -0.487 e. The largest absolute Gasteiger partial charge is 0.487 e. The maximum Gasteiger partial charge on any atom is 0.339 e. The number of aryl methyl sites for hydroxylation is 1. The number of nitro benzene ring substituents is 1. The van der Waals surface area contributed by atoms with Crippen molar-refractivity contribution in [3.8, 4) is 5.75 Å². The fourth-order valence-corrected chi connectivity index (χ4v) is 2.31. The van der Waals surface area contributed by atoms with Gasteiger partial charge in [0.15, 0.2) is 11.9 Å². The lowest BCUT2D eigenvalue weighted by molar-refractivity contribution is -0.385. The zero-order chi connectivity index (χ0) is 20.0. The van der Waals surface area contributed by atoms with Gasteiger partial charge in [0.1, 0.15) is 0 Å². The molecule has 142 valence electrons. The molecule has 0 heterocycles. The van der Waals surface area contributed by atoms with Crippen LogP contribution in [-0.4, -0.2) is 29.5 Å². The minimum atomic E-state index is -1.08. The summed E-state index contributed by atoms with van der Waals surface area (Å²) in [6.07, 6.45) is -1.08. The molecule has 8 heteroatoms. The minimum absolute atomic E-state index is 0.0413. The topological polar surface area (TPSA) is 108 Å². The van der Waals surface area contributed by atoms with E-state index in [2.05, 4.69) is 5.32 Å². The lowest BCUT2D eigenvalue weighted by Gasteiger charge is -2.14. The molecule has 0 aliphatic heterocycles. The molecule has 0 aliphatic rings. The van der Waals surface area contributed by atoms with Gasteiger partial charge in [-0.1, -0.05) is 12.1 Å². The fourth-order valence-electron chi connectivity index (χ4n) is 2.31. The zero-order valence-corrected chi connectivity index (χ0v) is 15.2. The second-order valence-electron chi connectivity index (χ2n) is 5.78. The molecular weight excluding hydrogens is 352 g/mol. The van der Waals surface area contributed by atoms with Crippen molar-refractivity contribution in [2.75, 3.05) is 11.9 Å². The Morgan fingerprint density at radius 3 is 2.59 bits per heavy atom. The van der Waals surface area contributed by atoms with Gasteiger partial charge < -0.3 is 14.8 Å². The fraction of sp³-hybridized carbons (Fsp3) is 0.263. The first kappa shape index (κ1) is 19.9. The van der Waals surface area contributed by atoms with Crippen molar-refractivity contribution >= 4 is 23.3 Å². The third-order valence-electron chi connectivity index (χ3n) is 3.63. The Labute approximate surface area is 156 Å². The van der Waals surface area contributed by atoms with Crippen LogP contribution >= 0.6 is 0 Å². The lowest BCUT2D eigenvalue weighted by Crippen LogP contribution is -2.30. The molecule has 0 bridgehead atoms. The molecule has 2 aromatic rings. The van der Waals surface area contributed by atoms with Crippen LogP contribution in [0.3, 0.4) is 0 Å². The summed E-state index contributed by atoms with van der Waals surface area (Å²) in [6, 6.07) is 10.9. The monoisotopic (exact) mass is 372 g/mol. The summed E-state index contributed by atoms with van der Waals surface area (Å²) in [5, 5.41) is 13.8. The number of esters is 1. The number of carbonyl (C=O) groups is 2. The van der Waals surface area contributed by atoms with Crippen LogP contribution < -0.4 is 10.1 Å². The molecule has 0 spiro atoms. The highest BCUT2D eigenvalue weighted by Gasteiger charge is 2.23. The summed E-state index contributed by atoms with van der Waals surface area (Å²) in [6.45, 7) is 5.26. The van der Waals surface area contributed by atoms with Crippen LogP contribution in [0.1, 0.15) is 29.8 Å². The molecule has 1 atom stereocenters. The first-order chi connectivity index (χ1) is 12.8. The van der Waals surface area contributed by atoms with Crippen molar-refractivity contribution in [3.05, 3.63) is 63.7 Å². The molecule has 1 N–H and O–H groups in total. The van der Waals surface area contributed by atoms with Crippen molar-refractivity contribution in [3.63, 3.8) is 0 Å². The van der Waals surface area contributed by atoms with Gasteiger partial charge >= 0.3 is 11.7 Å². The Morgan fingerprint density at radius 2 is 1.96 bits per heavy atom. The van der Waals surface area contributed by atoms with E-state index in [0.717, 1.165) is 11.6 Å². The number of carbonyl (C=O) groups excluding carboxylic acids is 2. The van der Waals surface area contributed by atoms with Gasteiger partial charge in [-0.2, -0.15) is 0 Å². The molecule has 0 saturated carbocycles. The van der Waals surface area contributed by atoms with E-state index in [1.165, 1.54) is 19.1 Å². The maximum absolute atomic E-state index is 12.2. The van der Waals surface area contributed by atoms with E-state index in [0.29, 0.717) is 5.69 Å². The molecular formula is C19H20N2O6. The van der Waals surface area contributed by atoms with Gasteiger partial charge in [-0.3, -0.25) is 14.9 Å². The van der Waals surface area contributed by atoms with Crippen molar-refractivity contribution in [1.29, 1.82) is 0 Å². The van der Waals surface area contributed by atoms with E-state index in [1.54, 1.807) is 25.1 Å². The Kier molecular flexibility index (Phi) is 6.48. The van der Waals surface area contributed by atoms with Gasteiger partial charge in [-0.05, 0) is 50.6 Å². The number of hydrogen-bond donors (Lipinski definition) is 1. The van der Waals surface area contributed by atoms with E-state index in [4.69, 9.17) is 9.47 Å². The average molecular weight is 372 g/mol. The number of nitro groups is 1. The number of rotatable bonds is 7. The van der Waals surface area contributed by atoms with Crippen molar-refractivity contribution in [2.24, 2.45) is 0 Å². The van der Waals surface area contributed by atoms with Crippen LogP contribution in [0.25, 0.3) is 0 Å². The van der Waals surface area contributed by atoms with Gasteiger partial charge in [0.25, 0.3) is 5.91 Å². The summed E-state index contributed by atoms with van der Waals surface area (Å²) in [5.41, 5.74) is 1.17. The van der Waals surface area contributed by atoms with Crippen LogP contribution in [0, 0.1) is 17.0 Å². The number of nitrogens with zero attached hydrogens (tertiary/aromatic N) is 1. The number of benzene rings is 2. The summed E-state index contributed by atoms with van der Waals surface area (Å²) >= 11 is 0.